The third-order valence-corrected chi connectivity index (χ3v) is 3.49. The highest BCUT2D eigenvalue weighted by Crippen LogP contribution is 2.27. The van der Waals surface area contributed by atoms with Crippen molar-refractivity contribution in [3.05, 3.63) is 53.2 Å². The molecule has 0 aliphatic heterocycles. The first kappa shape index (κ1) is 12.6. The first-order chi connectivity index (χ1) is 8.56. The SMILES string of the molecule is Cc1ccc(Sc2ccc(C)c(C(=O)O)c2)nc1. The number of aromatic carboxylic acids is 1. The molecule has 92 valence electrons. The molecule has 0 saturated carbocycles. The summed E-state index contributed by atoms with van der Waals surface area (Å²) in [7, 11) is 0. The van der Waals surface area contributed by atoms with Crippen molar-refractivity contribution < 1.29 is 9.90 Å². The molecule has 0 fully saturated rings. The Morgan fingerprint density at radius 1 is 1.22 bits per heavy atom. The van der Waals surface area contributed by atoms with Crippen molar-refractivity contribution in [3.8, 4) is 0 Å². The highest BCUT2D eigenvalue weighted by molar-refractivity contribution is 7.99. The standard InChI is InChI=1S/C14H13NO2S/c1-9-3-6-13(15-8-9)18-11-5-4-10(2)12(7-11)14(16)17/h3-8H,1-2H3,(H,16,17). The Bertz CT molecular complexity index is 579. The van der Waals surface area contributed by atoms with Crippen molar-refractivity contribution in [2.24, 2.45) is 0 Å². The van der Waals surface area contributed by atoms with E-state index in [1.807, 2.05) is 31.2 Å². The molecule has 0 atom stereocenters. The van der Waals surface area contributed by atoms with E-state index in [2.05, 4.69) is 4.98 Å². The van der Waals surface area contributed by atoms with E-state index in [0.29, 0.717) is 5.56 Å². The maximum Gasteiger partial charge on any atom is 0.335 e. The molecular weight excluding hydrogens is 246 g/mol. The normalized spacial score (nSPS) is 10.3. The molecule has 0 saturated heterocycles. The molecule has 1 heterocycles. The fourth-order valence-electron chi connectivity index (χ4n) is 1.53. The minimum Gasteiger partial charge on any atom is -0.478 e. The second kappa shape index (κ2) is 5.23. The lowest BCUT2D eigenvalue weighted by Crippen LogP contribution is -1.99. The van der Waals surface area contributed by atoms with Crippen LogP contribution in [0, 0.1) is 13.8 Å². The highest BCUT2D eigenvalue weighted by Gasteiger charge is 2.08. The van der Waals surface area contributed by atoms with Crippen LogP contribution in [0.2, 0.25) is 0 Å². The number of nitrogens with zero attached hydrogens (tertiary/aromatic N) is 1. The van der Waals surface area contributed by atoms with Gasteiger partial charge in [-0.15, -0.1) is 0 Å². The Labute approximate surface area is 110 Å². The third kappa shape index (κ3) is 2.90. The molecule has 18 heavy (non-hydrogen) atoms. The molecule has 0 unspecified atom stereocenters. The number of aromatic nitrogens is 1. The molecule has 2 aromatic rings. The second-order valence-corrected chi connectivity index (χ2v) is 5.15. The van der Waals surface area contributed by atoms with E-state index in [0.717, 1.165) is 21.0 Å². The molecule has 0 radical (unpaired) electrons. The van der Waals surface area contributed by atoms with E-state index in [1.165, 1.54) is 11.8 Å². The van der Waals surface area contributed by atoms with Crippen LogP contribution in [-0.2, 0) is 0 Å². The van der Waals surface area contributed by atoms with E-state index in [9.17, 15) is 4.79 Å². The van der Waals surface area contributed by atoms with Gasteiger partial charge in [-0.05, 0) is 43.2 Å². The van der Waals surface area contributed by atoms with Gasteiger partial charge in [0.2, 0.25) is 0 Å². The monoisotopic (exact) mass is 259 g/mol. The molecule has 3 nitrogen and oxygen atoms in total. The Morgan fingerprint density at radius 3 is 2.61 bits per heavy atom. The van der Waals surface area contributed by atoms with Crippen LogP contribution >= 0.6 is 11.8 Å². The van der Waals surface area contributed by atoms with Crippen LogP contribution in [0.15, 0.2) is 46.5 Å². The lowest BCUT2D eigenvalue weighted by Gasteiger charge is -2.05. The molecule has 0 aliphatic carbocycles. The van der Waals surface area contributed by atoms with Gasteiger partial charge in [-0.1, -0.05) is 23.9 Å². The average molecular weight is 259 g/mol. The molecule has 4 heteroatoms. The average Bonchev–Trinajstić information content (AvgIpc) is 2.34. The molecule has 2 rings (SSSR count). The fourth-order valence-corrected chi connectivity index (χ4v) is 2.33. The smallest absolute Gasteiger partial charge is 0.335 e. The summed E-state index contributed by atoms with van der Waals surface area (Å²) in [5.74, 6) is -0.896. The predicted molar refractivity (Wildman–Crippen MR) is 71.2 cm³/mol. The van der Waals surface area contributed by atoms with Crippen LogP contribution in [-0.4, -0.2) is 16.1 Å². The number of carboxylic acid groups (broad SMARTS) is 1. The van der Waals surface area contributed by atoms with E-state index in [1.54, 1.807) is 19.2 Å². The Kier molecular flexibility index (Phi) is 3.67. The molecule has 0 aliphatic rings. The summed E-state index contributed by atoms with van der Waals surface area (Å²) < 4.78 is 0. The molecule has 0 spiro atoms. The van der Waals surface area contributed by atoms with Gasteiger partial charge < -0.3 is 5.11 Å². The molecular formula is C14H13NO2S. The van der Waals surface area contributed by atoms with Gasteiger partial charge >= 0.3 is 5.97 Å². The quantitative estimate of drug-likeness (QED) is 0.915. The largest absolute Gasteiger partial charge is 0.478 e. The van der Waals surface area contributed by atoms with E-state index >= 15 is 0 Å². The first-order valence-electron chi connectivity index (χ1n) is 5.51. The van der Waals surface area contributed by atoms with Gasteiger partial charge in [0.1, 0.15) is 5.03 Å². The fraction of sp³-hybridized carbons (Fsp3) is 0.143. The van der Waals surface area contributed by atoms with Crippen molar-refractivity contribution in [3.63, 3.8) is 0 Å². The maximum atomic E-state index is 11.0. The van der Waals surface area contributed by atoms with Gasteiger partial charge in [0.25, 0.3) is 0 Å². The van der Waals surface area contributed by atoms with Crippen molar-refractivity contribution in [1.29, 1.82) is 0 Å². The van der Waals surface area contributed by atoms with E-state index in [-0.39, 0.29) is 0 Å². The van der Waals surface area contributed by atoms with Crippen LogP contribution in [0.1, 0.15) is 21.5 Å². The molecule has 0 amide bonds. The van der Waals surface area contributed by atoms with Crippen LogP contribution < -0.4 is 0 Å². The van der Waals surface area contributed by atoms with Crippen LogP contribution in [0.4, 0.5) is 0 Å². The van der Waals surface area contributed by atoms with Crippen LogP contribution in [0.25, 0.3) is 0 Å². The lowest BCUT2D eigenvalue weighted by molar-refractivity contribution is 0.0696. The third-order valence-electron chi connectivity index (χ3n) is 2.55. The Balaban J connectivity index is 2.27. The molecule has 1 aromatic carbocycles. The summed E-state index contributed by atoms with van der Waals surface area (Å²) in [4.78, 5) is 16.2. The number of hydrogen-bond acceptors (Lipinski definition) is 3. The van der Waals surface area contributed by atoms with Gasteiger partial charge in [0.15, 0.2) is 0 Å². The number of aryl methyl sites for hydroxylation is 2. The predicted octanol–water partition coefficient (Wildman–Crippen LogP) is 3.55. The second-order valence-electron chi connectivity index (χ2n) is 4.06. The number of hydrogen-bond donors (Lipinski definition) is 1. The lowest BCUT2D eigenvalue weighted by atomic mass is 10.1. The molecule has 1 N–H and O–H groups in total. The molecule has 0 bridgehead atoms. The zero-order chi connectivity index (χ0) is 13.1. The minimum atomic E-state index is -0.896. The summed E-state index contributed by atoms with van der Waals surface area (Å²) in [5.41, 5.74) is 2.21. The zero-order valence-electron chi connectivity index (χ0n) is 10.2. The van der Waals surface area contributed by atoms with Crippen molar-refractivity contribution in [1.82, 2.24) is 4.98 Å². The summed E-state index contributed by atoms with van der Waals surface area (Å²) in [6, 6.07) is 9.33. The van der Waals surface area contributed by atoms with Crippen LogP contribution in [0.5, 0.6) is 0 Å². The number of pyridine rings is 1. The van der Waals surface area contributed by atoms with Crippen molar-refractivity contribution in [2.45, 2.75) is 23.8 Å². The van der Waals surface area contributed by atoms with Gasteiger partial charge in [0, 0.05) is 11.1 Å². The maximum absolute atomic E-state index is 11.0. The van der Waals surface area contributed by atoms with E-state index in [4.69, 9.17) is 5.11 Å². The highest BCUT2D eigenvalue weighted by atomic mass is 32.2. The number of benzene rings is 1. The zero-order valence-corrected chi connectivity index (χ0v) is 11.0. The van der Waals surface area contributed by atoms with Gasteiger partial charge in [-0.3, -0.25) is 0 Å². The summed E-state index contributed by atoms with van der Waals surface area (Å²) >= 11 is 1.46. The first-order valence-corrected chi connectivity index (χ1v) is 6.32. The summed E-state index contributed by atoms with van der Waals surface area (Å²) in [6.07, 6.45) is 1.80. The van der Waals surface area contributed by atoms with Gasteiger partial charge in [-0.2, -0.15) is 0 Å². The summed E-state index contributed by atoms with van der Waals surface area (Å²) in [5, 5.41) is 9.93. The minimum absolute atomic E-state index is 0.340. The Hall–Kier alpha value is -1.81. The Morgan fingerprint density at radius 2 is 2.00 bits per heavy atom. The topological polar surface area (TPSA) is 50.2 Å². The number of carboxylic acids is 1. The van der Waals surface area contributed by atoms with Crippen molar-refractivity contribution >= 4 is 17.7 Å². The van der Waals surface area contributed by atoms with Gasteiger partial charge in [0.05, 0.1) is 5.56 Å². The van der Waals surface area contributed by atoms with Crippen molar-refractivity contribution in [2.75, 3.05) is 0 Å². The van der Waals surface area contributed by atoms with E-state index < -0.39 is 5.97 Å². The molecule has 1 aromatic heterocycles. The number of rotatable bonds is 3. The van der Waals surface area contributed by atoms with Gasteiger partial charge in [-0.25, -0.2) is 9.78 Å². The summed E-state index contributed by atoms with van der Waals surface area (Å²) in [6.45, 7) is 3.78. The number of carbonyl (C=O) groups is 1. The van der Waals surface area contributed by atoms with Crippen LogP contribution in [0.3, 0.4) is 0 Å².